The van der Waals surface area contributed by atoms with Crippen molar-refractivity contribution in [2.24, 2.45) is 0 Å². The van der Waals surface area contributed by atoms with Gasteiger partial charge in [0.05, 0.1) is 11.1 Å². The lowest BCUT2D eigenvalue weighted by atomic mass is 9.95. The maximum Gasteiger partial charge on any atom is 0.259 e. The summed E-state index contributed by atoms with van der Waals surface area (Å²) in [5, 5.41) is 4.44. The van der Waals surface area contributed by atoms with Crippen LogP contribution in [0.1, 0.15) is 17.5 Å². The third-order valence-corrected chi connectivity index (χ3v) is 6.88. The number of carbonyl (C=O) groups excluding carboxylic acids is 2. The molecular weight excluding hydrogens is 432 g/mol. The topological polar surface area (TPSA) is 70.1 Å². The van der Waals surface area contributed by atoms with Gasteiger partial charge in [-0.2, -0.15) is 0 Å². The van der Waals surface area contributed by atoms with Crippen LogP contribution in [0.4, 0.5) is 0 Å². The Balaban J connectivity index is 1.72. The highest BCUT2D eigenvalue weighted by Gasteiger charge is 2.35. The summed E-state index contributed by atoms with van der Waals surface area (Å²) in [6.07, 6.45) is 6.90. The quantitative estimate of drug-likeness (QED) is 0.319. The summed E-state index contributed by atoms with van der Waals surface area (Å²) in [4.78, 5) is 32.6. The zero-order valence-electron chi connectivity index (χ0n) is 18.9. The first kappa shape index (κ1) is 21.6. The first-order valence-electron chi connectivity index (χ1n) is 11.0. The molecule has 0 saturated heterocycles. The molecule has 2 aromatic carbocycles. The van der Waals surface area contributed by atoms with Gasteiger partial charge < -0.3 is 14.5 Å². The number of H-pyrrole nitrogens is 1. The van der Waals surface area contributed by atoms with E-state index in [1.54, 1.807) is 11.8 Å². The van der Waals surface area contributed by atoms with Gasteiger partial charge in [-0.3, -0.25) is 14.9 Å². The molecule has 168 valence electrons. The van der Waals surface area contributed by atoms with Crippen LogP contribution in [0.25, 0.3) is 33.0 Å². The fraction of sp³-hybridized carbons (Fsp3) is 0.231. The van der Waals surface area contributed by atoms with Crippen molar-refractivity contribution in [2.75, 3.05) is 26.9 Å². The van der Waals surface area contributed by atoms with E-state index >= 15 is 0 Å². The number of para-hydroxylation sites is 1. The van der Waals surface area contributed by atoms with Crippen LogP contribution < -0.4 is 5.32 Å². The average Bonchev–Trinajstić information content (AvgIpc) is 3.46. The van der Waals surface area contributed by atoms with E-state index < -0.39 is 0 Å². The SMILES string of the molecule is CSc1ccc2c(C3=C(c4c[nH]c5ccccc45)C(=O)NC3=O)cn(CCCN(C)C)c2c1. The Bertz CT molecular complexity index is 1430. The number of thioether (sulfide) groups is 1. The molecular formula is C26H26N4O2S. The van der Waals surface area contributed by atoms with Gasteiger partial charge in [-0.15, -0.1) is 11.8 Å². The molecule has 5 rings (SSSR count). The first-order valence-corrected chi connectivity index (χ1v) is 12.2. The predicted octanol–water partition coefficient (Wildman–Crippen LogP) is 4.36. The van der Waals surface area contributed by atoms with Gasteiger partial charge in [0.1, 0.15) is 0 Å². The number of imide groups is 1. The average molecular weight is 459 g/mol. The third kappa shape index (κ3) is 3.77. The van der Waals surface area contributed by atoms with Crippen molar-refractivity contribution in [3.05, 3.63) is 66.0 Å². The smallest absolute Gasteiger partial charge is 0.259 e. The highest BCUT2D eigenvalue weighted by molar-refractivity contribution is 7.98. The van der Waals surface area contributed by atoms with Crippen LogP contribution in [0.2, 0.25) is 0 Å². The van der Waals surface area contributed by atoms with Crippen molar-refractivity contribution in [1.82, 2.24) is 19.8 Å². The Morgan fingerprint density at radius 2 is 1.73 bits per heavy atom. The number of aromatic amines is 1. The molecule has 2 amide bonds. The number of aromatic nitrogens is 2. The van der Waals surface area contributed by atoms with Crippen molar-refractivity contribution >= 4 is 56.5 Å². The van der Waals surface area contributed by atoms with Gasteiger partial charge in [-0.05, 0) is 51.5 Å². The van der Waals surface area contributed by atoms with Crippen molar-refractivity contribution in [1.29, 1.82) is 0 Å². The Labute approximate surface area is 196 Å². The van der Waals surface area contributed by atoms with Crippen molar-refractivity contribution < 1.29 is 9.59 Å². The fourth-order valence-corrected chi connectivity index (χ4v) is 5.02. The van der Waals surface area contributed by atoms with E-state index in [0.717, 1.165) is 52.4 Å². The molecule has 0 atom stereocenters. The maximum absolute atomic E-state index is 13.1. The number of nitrogens with zero attached hydrogens (tertiary/aromatic N) is 2. The van der Waals surface area contributed by atoms with Crippen LogP contribution in [-0.4, -0.2) is 53.2 Å². The van der Waals surface area contributed by atoms with E-state index in [1.807, 2.05) is 36.7 Å². The molecule has 0 unspecified atom stereocenters. The van der Waals surface area contributed by atoms with Gasteiger partial charge in [0.15, 0.2) is 0 Å². The lowest BCUT2D eigenvalue weighted by Gasteiger charge is -2.10. The van der Waals surface area contributed by atoms with Gasteiger partial charge in [-0.25, -0.2) is 0 Å². The molecule has 6 nitrogen and oxygen atoms in total. The van der Waals surface area contributed by atoms with Crippen LogP contribution in [0.15, 0.2) is 59.8 Å². The van der Waals surface area contributed by atoms with Gasteiger partial charge in [0, 0.05) is 56.8 Å². The first-order chi connectivity index (χ1) is 16.0. The van der Waals surface area contributed by atoms with E-state index in [-0.39, 0.29) is 11.8 Å². The van der Waals surface area contributed by atoms with Crippen LogP contribution >= 0.6 is 11.8 Å². The molecule has 1 aliphatic rings. The summed E-state index contributed by atoms with van der Waals surface area (Å²) < 4.78 is 2.21. The Kier molecular flexibility index (Phi) is 5.60. The second-order valence-corrected chi connectivity index (χ2v) is 9.44. The van der Waals surface area contributed by atoms with Crippen molar-refractivity contribution in [3.8, 4) is 0 Å². The lowest BCUT2D eigenvalue weighted by molar-refractivity contribution is -0.122. The second kappa shape index (κ2) is 8.57. The highest BCUT2D eigenvalue weighted by Crippen LogP contribution is 2.39. The number of rotatable bonds is 7. The molecule has 0 spiro atoms. The second-order valence-electron chi connectivity index (χ2n) is 8.56. The number of carbonyl (C=O) groups is 2. The number of hydrogen-bond acceptors (Lipinski definition) is 4. The van der Waals surface area contributed by atoms with Crippen molar-refractivity contribution in [3.63, 3.8) is 0 Å². The van der Waals surface area contributed by atoms with Gasteiger partial charge in [0.2, 0.25) is 0 Å². The number of fused-ring (bicyclic) bond motifs is 2. The highest BCUT2D eigenvalue weighted by atomic mass is 32.2. The molecule has 33 heavy (non-hydrogen) atoms. The molecule has 3 heterocycles. The summed E-state index contributed by atoms with van der Waals surface area (Å²) in [5.74, 6) is -0.699. The minimum absolute atomic E-state index is 0.346. The zero-order valence-corrected chi connectivity index (χ0v) is 19.8. The largest absolute Gasteiger partial charge is 0.361 e. The van der Waals surface area contributed by atoms with Gasteiger partial charge >= 0.3 is 0 Å². The summed E-state index contributed by atoms with van der Waals surface area (Å²) in [6, 6.07) is 14.1. The Morgan fingerprint density at radius 3 is 2.48 bits per heavy atom. The fourth-order valence-electron chi connectivity index (χ4n) is 4.59. The van der Waals surface area contributed by atoms with Crippen LogP contribution in [-0.2, 0) is 16.1 Å². The number of hydrogen-bond donors (Lipinski definition) is 2. The van der Waals surface area contributed by atoms with Gasteiger partial charge in [0.25, 0.3) is 11.8 Å². The molecule has 2 aromatic heterocycles. The minimum Gasteiger partial charge on any atom is -0.361 e. The molecule has 0 fully saturated rings. The van der Waals surface area contributed by atoms with E-state index in [1.165, 1.54) is 4.90 Å². The standard InChI is InChI=1S/C26H26N4O2S/c1-29(2)11-6-12-30-15-20(18-10-9-16(33-3)13-22(18)30)24-23(25(31)28-26(24)32)19-14-27-21-8-5-4-7-17(19)21/h4-5,7-10,13-15,27H,6,11-12H2,1-3H3,(H,28,31,32). The summed E-state index contributed by atoms with van der Waals surface area (Å²) in [6.45, 7) is 1.80. The normalized spacial score (nSPS) is 14.3. The molecule has 1 aliphatic heterocycles. The molecule has 4 aromatic rings. The Morgan fingerprint density at radius 1 is 0.970 bits per heavy atom. The van der Waals surface area contributed by atoms with E-state index in [9.17, 15) is 9.59 Å². The summed E-state index contributed by atoms with van der Waals surface area (Å²) in [5.41, 5.74) is 4.43. The predicted molar refractivity (Wildman–Crippen MR) is 135 cm³/mol. The maximum atomic E-state index is 13.1. The van der Waals surface area contributed by atoms with Crippen LogP contribution in [0.5, 0.6) is 0 Å². The van der Waals surface area contributed by atoms with E-state index in [2.05, 4.69) is 58.3 Å². The summed E-state index contributed by atoms with van der Waals surface area (Å²) >= 11 is 1.69. The van der Waals surface area contributed by atoms with Crippen LogP contribution in [0.3, 0.4) is 0 Å². The lowest BCUT2D eigenvalue weighted by Crippen LogP contribution is -2.22. The van der Waals surface area contributed by atoms with E-state index in [4.69, 9.17) is 0 Å². The molecule has 0 aliphatic carbocycles. The Hall–Kier alpha value is -3.29. The molecule has 0 saturated carbocycles. The molecule has 0 bridgehead atoms. The van der Waals surface area contributed by atoms with Crippen LogP contribution in [0, 0.1) is 0 Å². The molecule has 7 heteroatoms. The number of amides is 2. The number of nitrogens with one attached hydrogen (secondary N) is 2. The number of aryl methyl sites for hydroxylation is 1. The van der Waals surface area contributed by atoms with Gasteiger partial charge in [-0.1, -0.05) is 24.3 Å². The summed E-state index contributed by atoms with van der Waals surface area (Å²) in [7, 11) is 4.13. The third-order valence-electron chi connectivity index (χ3n) is 6.15. The van der Waals surface area contributed by atoms with Crippen molar-refractivity contribution in [2.45, 2.75) is 17.9 Å². The molecule has 0 radical (unpaired) electrons. The van der Waals surface area contributed by atoms with E-state index in [0.29, 0.717) is 11.1 Å². The number of benzene rings is 2. The minimum atomic E-state index is -0.353. The monoisotopic (exact) mass is 458 g/mol. The zero-order chi connectivity index (χ0) is 23.1. The molecule has 2 N–H and O–H groups in total.